The van der Waals surface area contributed by atoms with Crippen molar-refractivity contribution in [3.63, 3.8) is 0 Å². The van der Waals surface area contributed by atoms with Gasteiger partial charge in [0.2, 0.25) is 0 Å². The Kier molecular flexibility index (Phi) is 4.99. The second-order valence-electron chi connectivity index (χ2n) is 1.77. The van der Waals surface area contributed by atoms with E-state index >= 15 is 0 Å². The fourth-order valence-electron chi connectivity index (χ4n) is 0.262. The molecule has 0 unspecified atom stereocenters. The van der Waals surface area contributed by atoms with E-state index < -0.39 is 0 Å². The third-order valence-electron chi connectivity index (χ3n) is 0.689. The largest absolute Gasteiger partial charge is 0.460 e. The van der Waals surface area contributed by atoms with Crippen LogP contribution in [0.3, 0.4) is 0 Å². The number of esters is 1. The standard InChI is InChI=1S/C6H8Br2O2/c1-4(2)6(9)10-3-5(7)8/h5H,1,3H2,2H3. The highest BCUT2D eigenvalue weighted by Crippen LogP contribution is 2.08. The van der Waals surface area contributed by atoms with Crippen molar-refractivity contribution in [3.05, 3.63) is 12.2 Å². The van der Waals surface area contributed by atoms with Crippen LogP contribution < -0.4 is 0 Å². The SMILES string of the molecule is C=C(C)C(=O)OCC(Br)Br. The van der Waals surface area contributed by atoms with Crippen LogP contribution in [0.4, 0.5) is 0 Å². The van der Waals surface area contributed by atoms with Crippen LogP contribution in [0.1, 0.15) is 6.92 Å². The van der Waals surface area contributed by atoms with Gasteiger partial charge in [-0.25, -0.2) is 4.79 Å². The van der Waals surface area contributed by atoms with Gasteiger partial charge in [0.15, 0.2) is 0 Å². The maximum Gasteiger partial charge on any atom is 0.333 e. The lowest BCUT2D eigenvalue weighted by molar-refractivity contribution is -0.138. The van der Waals surface area contributed by atoms with E-state index in [0.717, 1.165) is 0 Å². The second-order valence-corrected chi connectivity index (χ2v) is 5.21. The van der Waals surface area contributed by atoms with E-state index in [-0.39, 0.29) is 9.71 Å². The molecule has 10 heavy (non-hydrogen) atoms. The average molecular weight is 272 g/mol. The van der Waals surface area contributed by atoms with E-state index in [1.54, 1.807) is 6.92 Å². The summed E-state index contributed by atoms with van der Waals surface area (Å²) in [5.41, 5.74) is 0.417. The Morgan fingerprint density at radius 2 is 2.20 bits per heavy atom. The van der Waals surface area contributed by atoms with Crippen molar-refractivity contribution >= 4 is 37.8 Å². The Hall–Kier alpha value is 0.170. The van der Waals surface area contributed by atoms with Gasteiger partial charge in [-0.2, -0.15) is 0 Å². The highest BCUT2D eigenvalue weighted by molar-refractivity contribution is 9.24. The summed E-state index contributed by atoms with van der Waals surface area (Å²) in [5.74, 6) is -0.357. The summed E-state index contributed by atoms with van der Waals surface area (Å²) in [6.45, 7) is 5.35. The molecule has 0 fully saturated rings. The molecule has 0 bridgehead atoms. The zero-order valence-corrected chi connectivity index (χ0v) is 8.74. The summed E-state index contributed by atoms with van der Waals surface area (Å²) < 4.78 is 4.75. The van der Waals surface area contributed by atoms with Gasteiger partial charge in [-0.3, -0.25) is 0 Å². The molecule has 0 atom stereocenters. The van der Waals surface area contributed by atoms with Gasteiger partial charge in [0, 0.05) is 5.57 Å². The van der Waals surface area contributed by atoms with Crippen molar-refractivity contribution in [3.8, 4) is 0 Å². The molecule has 0 aliphatic carbocycles. The highest BCUT2D eigenvalue weighted by atomic mass is 79.9. The minimum atomic E-state index is -0.357. The third kappa shape index (κ3) is 4.99. The minimum absolute atomic E-state index is 0.0169. The van der Waals surface area contributed by atoms with Crippen LogP contribution in [0.25, 0.3) is 0 Å². The van der Waals surface area contributed by atoms with E-state index in [0.29, 0.717) is 12.2 Å². The fraction of sp³-hybridized carbons (Fsp3) is 0.500. The van der Waals surface area contributed by atoms with Crippen molar-refractivity contribution in [2.45, 2.75) is 10.7 Å². The molecule has 0 rings (SSSR count). The maximum atomic E-state index is 10.7. The first-order valence-electron chi connectivity index (χ1n) is 2.65. The van der Waals surface area contributed by atoms with Gasteiger partial charge in [-0.15, -0.1) is 0 Å². The Morgan fingerprint density at radius 3 is 2.50 bits per heavy atom. The molecule has 58 valence electrons. The van der Waals surface area contributed by atoms with Crippen LogP contribution in [0.2, 0.25) is 0 Å². The molecule has 0 saturated carbocycles. The predicted octanol–water partition coefficient (Wildman–Crippen LogP) is 2.22. The van der Waals surface area contributed by atoms with Crippen molar-refractivity contribution in [2.24, 2.45) is 0 Å². The van der Waals surface area contributed by atoms with E-state index in [4.69, 9.17) is 4.74 Å². The van der Waals surface area contributed by atoms with Gasteiger partial charge in [0.05, 0.1) is 0 Å². The van der Waals surface area contributed by atoms with Crippen LogP contribution in [0, 0.1) is 0 Å². The Balaban J connectivity index is 3.50. The lowest BCUT2D eigenvalue weighted by Crippen LogP contribution is -2.09. The number of rotatable bonds is 3. The van der Waals surface area contributed by atoms with Gasteiger partial charge in [0.1, 0.15) is 10.3 Å². The number of hydrogen-bond acceptors (Lipinski definition) is 2. The first kappa shape index (κ1) is 10.2. The summed E-state index contributed by atoms with van der Waals surface area (Å²) in [6, 6.07) is 0. The quantitative estimate of drug-likeness (QED) is 0.447. The first-order chi connectivity index (χ1) is 4.54. The Labute approximate surface area is 76.9 Å². The van der Waals surface area contributed by atoms with Crippen molar-refractivity contribution in [1.82, 2.24) is 0 Å². The van der Waals surface area contributed by atoms with Crippen LogP contribution in [0.5, 0.6) is 0 Å². The lowest BCUT2D eigenvalue weighted by Gasteiger charge is -2.03. The van der Waals surface area contributed by atoms with Crippen molar-refractivity contribution in [1.29, 1.82) is 0 Å². The van der Waals surface area contributed by atoms with E-state index in [1.165, 1.54) is 0 Å². The topological polar surface area (TPSA) is 26.3 Å². The van der Waals surface area contributed by atoms with Crippen LogP contribution in [-0.2, 0) is 9.53 Å². The van der Waals surface area contributed by atoms with Crippen LogP contribution in [-0.4, -0.2) is 16.3 Å². The van der Waals surface area contributed by atoms with Gasteiger partial charge >= 0.3 is 5.97 Å². The summed E-state index contributed by atoms with van der Waals surface area (Å²) >= 11 is 6.32. The molecule has 4 heteroatoms. The summed E-state index contributed by atoms with van der Waals surface area (Å²) in [5, 5.41) is 0. The monoisotopic (exact) mass is 270 g/mol. The molecule has 0 N–H and O–H groups in total. The van der Waals surface area contributed by atoms with Gasteiger partial charge in [-0.1, -0.05) is 38.4 Å². The van der Waals surface area contributed by atoms with Crippen LogP contribution >= 0.6 is 31.9 Å². The molecule has 0 spiro atoms. The average Bonchev–Trinajstić information content (AvgIpc) is 1.82. The van der Waals surface area contributed by atoms with Crippen LogP contribution in [0.15, 0.2) is 12.2 Å². The zero-order valence-electron chi connectivity index (χ0n) is 5.56. The third-order valence-corrected chi connectivity index (χ3v) is 1.22. The minimum Gasteiger partial charge on any atom is -0.460 e. The van der Waals surface area contributed by atoms with Gasteiger partial charge < -0.3 is 4.74 Å². The number of carbonyl (C=O) groups excluding carboxylic acids is 1. The number of carbonyl (C=O) groups is 1. The maximum absolute atomic E-state index is 10.7. The summed E-state index contributed by atoms with van der Waals surface area (Å²) in [4.78, 5) is 10.7. The van der Waals surface area contributed by atoms with E-state index in [9.17, 15) is 4.79 Å². The van der Waals surface area contributed by atoms with Crippen molar-refractivity contribution in [2.75, 3.05) is 6.61 Å². The summed E-state index contributed by atoms with van der Waals surface area (Å²) in [7, 11) is 0. The molecule has 2 nitrogen and oxygen atoms in total. The lowest BCUT2D eigenvalue weighted by atomic mass is 10.4. The molecular formula is C6H8Br2O2. The first-order valence-corrected chi connectivity index (χ1v) is 4.48. The molecule has 0 heterocycles. The van der Waals surface area contributed by atoms with Gasteiger partial charge in [-0.05, 0) is 6.92 Å². The van der Waals surface area contributed by atoms with Gasteiger partial charge in [0.25, 0.3) is 0 Å². The molecule has 0 aromatic carbocycles. The number of alkyl halides is 2. The predicted molar refractivity (Wildman–Crippen MR) is 47.4 cm³/mol. The highest BCUT2D eigenvalue weighted by Gasteiger charge is 2.04. The number of hydrogen-bond donors (Lipinski definition) is 0. The molecule has 0 aliphatic heterocycles. The molecule has 0 aromatic rings. The second kappa shape index (κ2) is 4.91. The zero-order chi connectivity index (χ0) is 8.15. The molecule has 0 aromatic heterocycles. The van der Waals surface area contributed by atoms with E-state index in [2.05, 4.69) is 38.4 Å². The number of ether oxygens (including phenoxy) is 1. The molecule has 0 radical (unpaired) electrons. The Morgan fingerprint density at radius 1 is 1.70 bits per heavy atom. The Bertz CT molecular complexity index is 143. The molecular weight excluding hydrogens is 264 g/mol. The molecule has 0 aliphatic rings. The normalized spacial score (nSPS) is 9.60. The summed E-state index contributed by atoms with van der Waals surface area (Å²) in [6.07, 6.45) is 0. The smallest absolute Gasteiger partial charge is 0.333 e. The van der Waals surface area contributed by atoms with Crippen molar-refractivity contribution < 1.29 is 9.53 Å². The van der Waals surface area contributed by atoms with E-state index in [1.807, 2.05) is 0 Å². The molecule has 0 amide bonds. The fourth-order valence-corrected chi connectivity index (χ4v) is 0.526. The molecule has 0 saturated heterocycles. The number of halogens is 2.